The van der Waals surface area contributed by atoms with Gasteiger partial charge in [0, 0.05) is 24.5 Å². The van der Waals surface area contributed by atoms with E-state index in [-0.39, 0.29) is 6.03 Å². The highest BCUT2D eigenvalue weighted by atomic mass is 16.2. The number of nitrogens with one attached hydrogen (secondary N) is 3. The normalized spacial score (nSPS) is 15.2. The Bertz CT molecular complexity index is 854. The highest BCUT2D eigenvalue weighted by Crippen LogP contribution is 2.23. The van der Waals surface area contributed by atoms with E-state index in [1.807, 2.05) is 48.5 Å². The predicted octanol–water partition coefficient (Wildman–Crippen LogP) is 3.47. The lowest BCUT2D eigenvalue weighted by Crippen LogP contribution is -2.37. The van der Waals surface area contributed by atoms with Crippen LogP contribution in [0, 0.1) is 0 Å². The molecule has 2 aromatic carbocycles. The Kier molecular flexibility index (Phi) is 4.08. The molecule has 6 heteroatoms. The maximum Gasteiger partial charge on any atom is 0.324 e. The minimum atomic E-state index is -0.322. The van der Waals surface area contributed by atoms with Crippen LogP contribution in [0.2, 0.25) is 0 Å². The van der Waals surface area contributed by atoms with E-state index in [4.69, 9.17) is 0 Å². The number of amides is 2. The molecule has 0 bridgehead atoms. The van der Waals surface area contributed by atoms with Crippen LogP contribution in [0.1, 0.15) is 12.0 Å². The van der Waals surface area contributed by atoms with Crippen molar-refractivity contribution in [3.05, 3.63) is 60.2 Å². The van der Waals surface area contributed by atoms with E-state index >= 15 is 0 Å². The molecule has 126 valence electrons. The molecule has 4 rings (SSSR count). The van der Waals surface area contributed by atoms with Gasteiger partial charge in [0.25, 0.3) is 0 Å². The molecule has 3 N–H and O–H groups in total. The molecular weight excluding hydrogens is 314 g/mol. The lowest BCUT2D eigenvalue weighted by Gasteiger charge is -2.33. The van der Waals surface area contributed by atoms with E-state index < -0.39 is 0 Å². The SMILES string of the molecule is O=C(NC1=NNc2ccccc2C=C1)Nc1cccc(N2CCC2)c1. The van der Waals surface area contributed by atoms with Crippen molar-refractivity contribution in [3.8, 4) is 0 Å². The van der Waals surface area contributed by atoms with Gasteiger partial charge in [-0.15, -0.1) is 0 Å². The van der Waals surface area contributed by atoms with E-state index in [0.29, 0.717) is 5.84 Å². The van der Waals surface area contributed by atoms with Gasteiger partial charge in [-0.05, 0) is 48.4 Å². The third-order valence-electron chi connectivity index (χ3n) is 4.25. The van der Waals surface area contributed by atoms with Gasteiger partial charge in [-0.3, -0.25) is 10.7 Å². The van der Waals surface area contributed by atoms with Crippen molar-refractivity contribution >= 4 is 35.0 Å². The third-order valence-corrected chi connectivity index (χ3v) is 4.25. The number of hydrogen-bond acceptors (Lipinski definition) is 4. The van der Waals surface area contributed by atoms with E-state index in [1.54, 1.807) is 6.08 Å². The minimum Gasteiger partial charge on any atom is -0.371 e. The lowest BCUT2D eigenvalue weighted by molar-refractivity contribution is 0.256. The number of carbonyl (C=O) groups is 1. The Morgan fingerprint density at radius 3 is 2.76 bits per heavy atom. The van der Waals surface area contributed by atoms with E-state index in [9.17, 15) is 4.79 Å². The van der Waals surface area contributed by atoms with Gasteiger partial charge in [0.2, 0.25) is 0 Å². The van der Waals surface area contributed by atoms with Crippen LogP contribution in [0.3, 0.4) is 0 Å². The van der Waals surface area contributed by atoms with Crippen LogP contribution < -0.4 is 21.0 Å². The van der Waals surface area contributed by atoms with Gasteiger partial charge in [-0.25, -0.2) is 4.79 Å². The molecule has 0 spiro atoms. The fourth-order valence-corrected chi connectivity index (χ4v) is 2.77. The molecule has 0 aliphatic carbocycles. The number of benzene rings is 2. The van der Waals surface area contributed by atoms with Crippen LogP contribution in [-0.2, 0) is 0 Å². The summed E-state index contributed by atoms with van der Waals surface area (Å²) < 4.78 is 0. The molecule has 25 heavy (non-hydrogen) atoms. The van der Waals surface area contributed by atoms with Crippen molar-refractivity contribution in [2.24, 2.45) is 5.10 Å². The summed E-state index contributed by atoms with van der Waals surface area (Å²) >= 11 is 0. The number of para-hydroxylation sites is 1. The second-order valence-electron chi connectivity index (χ2n) is 6.00. The van der Waals surface area contributed by atoms with E-state index in [1.165, 1.54) is 6.42 Å². The second-order valence-corrected chi connectivity index (χ2v) is 6.00. The summed E-state index contributed by atoms with van der Waals surface area (Å²) in [5.74, 6) is 0.451. The standard InChI is InChI=1S/C19H19N5O/c25-19(20-15-6-3-7-16(13-15)24-11-4-12-24)21-18-10-9-14-5-1-2-8-17(14)22-23-18/h1-3,5-10,13,22H,4,11-12H2,(H2,20,21,23,25). The molecule has 1 saturated heterocycles. The van der Waals surface area contributed by atoms with E-state index in [2.05, 4.69) is 32.1 Å². The number of anilines is 3. The van der Waals surface area contributed by atoms with Gasteiger partial charge in [-0.1, -0.05) is 24.3 Å². The molecule has 6 nitrogen and oxygen atoms in total. The van der Waals surface area contributed by atoms with Crippen LogP contribution >= 0.6 is 0 Å². The summed E-state index contributed by atoms with van der Waals surface area (Å²) in [5.41, 5.74) is 6.77. The van der Waals surface area contributed by atoms with Crippen LogP contribution in [0.25, 0.3) is 6.08 Å². The zero-order valence-electron chi connectivity index (χ0n) is 13.7. The molecule has 2 aliphatic rings. The molecule has 2 aliphatic heterocycles. The number of hydrazone groups is 1. The van der Waals surface area contributed by atoms with Gasteiger partial charge in [0.1, 0.15) is 0 Å². The van der Waals surface area contributed by atoms with Crippen LogP contribution in [0.5, 0.6) is 0 Å². The van der Waals surface area contributed by atoms with Crippen LogP contribution in [-0.4, -0.2) is 25.0 Å². The highest BCUT2D eigenvalue weighted by molar-refractivity contribution is 6.10. The first-order valence-corrected chi connectivity index (χ1v) is 8.32. The number of nitrogens with zero attached hydrogens (tertiary/aromatic N) is 2. The smallest absolute Gasteiger partial charge is 0.324 e. The molecule has 0 saturated carbocycles. The first-order chi connectivity index (χ1) is 12.3. The topological polar surface area (TPSA) is 68.8 Å². The molecule has 0 unspecified atom stereocenters. The third kappa shape index (κ3) is 3.47. The number of rotatable bonds is 2. The predicted molar refractivity (Wildman–Crippen MR) is 102 cm³/mol. The van der Waals surface area contributed by atoms with Gasteiger partial charge in [0.05, 0.1) is 5.69 Å². The zero-order valence-corrected chi connectivity index (χ0v) is 13.7. The second kappa shape index (κ2) is 6.68. The molecule has 0 atom stereocenters. The summed E-state index contributed by atoms with van der Waals surface area (Å²) in [5, 5.41) is 9.82. The number of fused-ring (bicyclic) bond motifs is 1. The first kappa shape index (κ1) is 15.3. The Hall–Kier alpha value is -3.28. The van der Waals surface area contributed by atoms with Crippen molar-refractivity contribution < 1.29 is 4.79 Å². The fourth-order valence-electron chi connectivity index (χ4n) is 2.77. The largest absolute Gasteiger partial charge is 0.371 e. The molecule has 2 heterocycles. The number of urea groups is 1. The number of amidine groups is 1. The van der Waals surface area contributed by atoms with Crippen LogP contribution in [0.4, 0.5) is 21.9 Å². The summed E-state index contributed by atoms with van der Waals surface area (Å²) in [6.45, 7) is 2.15. The monoisotopic (exact) mass is 333 g/mol. The van der Waals surface area contributed by atoms with Gasteiger partial charge < -0.3 is 10.2 Å². The van der Waals surface area contributed by atoms with Crippen molar-refractivity contribution in [2.45, 2.75) is 6.42 Å². The zero-order chi connectivity index (χ0) is 17.1. The molecule has 0 aromatic heterocycles. The Morgan fingerprint density at radius 2 is 1.92 bits per heavy atom. The minimum absolute atomic E-state index is 0.322. The van der Waals surface area contributed by atoms with Gasteiger partial charge in [-0.2, -0.15) is 5.10 Å². The summed E-state index contributed by atoms with van der Waals surface area (Å²) in [6.07, 6.45) is 4.91. The molecular formula is C19H19N5O. The molecule has 0 radical (unpaired) electrons. The van der Waals surface area contributed by atoms with Crippen molar-refractivity contribution in [3.63, 3.8) is 0 Å². The molecule has 1 fully saturated rings. The van der Waals surface area contributed by atoms with Gasteiger partial charge in [0.15, 0.2) is 5.84 Å². The molecule has 2 amide bonds. The number of hydrogen-bond donors (Lipinski definition) is 3. The summed E-state index contributed by atoms with van der Waals surface area (Å²) in [4.78, 5) is 14.5. The highest BCUT2D eigenvalue weighted by Gasteiger charge is 2.15. The Labute approximate surface area is 146 Å². The fraction of sp³-hybridized carbons (Fsp3) is 0.158. The first-order valence-electron chi connectivity index (χ1n) is 8.32. The maximum absolute atomic E-state index is 12.3. The van der Waals surface area contributed by atoms with Gasteiger partial charge >= 0.3 is 6.03 Å². The molecule has 2 aromatic rings. The average Bonchev–Trinajstić information content (AvgIpc) is 2.76. The Balaban J connectivity index is 1.40. The lowest BCUT2D eigenvalue weighted by atomic mass is 10.1. The van der Waals surface area contributed by atoms with E-state index in [0.717, 1.165) is 35.7 Å². The Morgan fingerprint density at radius 1 is 1.04 bits per heavy atom. The van der Waals surface area contributed by atoms with Crippen molar-refractivity contribution in [1.29, 1.82) is 0 Å². The van der Waals surface area contributed by atoms with Crippen molar-refractivity contribution in [2.75, 3.05) is 28.7 Å². The average molecular weight is 333 g/mol. The summed E-state index contributed by atoms with van der Waals surface area (Å²) in [6, 6.07) is 15.4. The maximum atomic E-state index is 12.3. The quantitative estimate of drug-likeness (QED) is 0.788. The summed E-state index contributed by atoms with van der Waals surface area (Å²) in [7, 11) is 0. The van der Waals surface area contributed by atoms with Crippen LogP contribution in [0.15, 0.2) is 59.7 Å². The number of carbonyl (C=O) groups excluding carboxylic acids is 1. The van der Waals surface area contributed by atoms with Crippen molar-refractivity contribution in [1.82, 2.24) is 5.32 Å².